The molecule has 1 amide bonds. The van der Waals surface area contributed by atoms with Gasteiger partial charge in [0.1, 0.15) is 16.4 Å². The molecule has 0 spiro atoms. The van der Waals surface area contributed by atoms with Crippen LogP contribution in [0.1, 0.15) is 16.6 Å². The van der Waals surface area contributed by atoms with Crippen molar-refractivity contribution >= 4 is 50.6 Å². The molecule has 6 nitrogen and oxygen atoms in total. The number of nitrogens with one attached hydrogen (secondary N) is 1. The zero-order valence-electron chi connectivity index (χ0n) is 15.3. The van der Waals surface area contributed by atoms with E-state index in [0.29, 0.717) is 28.8 Å². The molecule has 0 atom stereocenters. The summed E-state index contributed by atoms with van der Waals surface area (Å²) in [6, 6.07) is 12.4. The highest BCUT2D eigenvalue weighted by atomic mass is 35.5. The number of methoxy groups -OCH3 is 1. The van der Waals surface area contributed by atoms with Crippen LogP contribution < -0.4 is 14.8 Å². The maximum Gasteiger partial charge on any atom is 0.350 e. The van der Waals surface area contributed by atoms with E-state index >= 15 is 0 Å². The van der Waals surface area contributed by atoms with Gasteiger partial charge in [0.25, 0.3) is 5.91 Å². The van der Waals surface area contributed by atoms with Crippen LogP contribution in [-0.4, -0.2) is 32.2 Å². The molecular weight excluding hydrogens is 402 g/mol. The number of halogens is 1. The Balaban J connectivity index is 1.66. The maximum atomic E-state index is 12.4. The van der Waals surface area contributed by atoms with Crippen molar-refractivity contribution in [2.45, 2.75) is 6.92 Å². The molecule has 0 fully saturated rings. The minimum absolute atomic E-state index is 0.243. The van der Waals surface area contributed by atoms with E-state index < -0.39 is 18.5 Å². The number of anilines is 1. The average molecular weight is 420 g/mol. The molecular formula is C20H18ClNO5S. The number of rotatable bonds is 7. The van der Waals surface area contributed by atoms with Gasteiger partial charge in [0.2, 0.25) is 0 Å². The lowest BCUT2D eigenvalue weighted by molar-refractivity contribution is -0.119. The third-order valence-corrected chi connectivity index (χ3v) is 5.45. The number of esters is 1. The van der Waals surface area contributed by atoms with Gasteiger partial charge in [0.15, 0.2) is 6.61 Å². The van der Waals surface area contributed by atoms with Gasteiger partial charge in [0.05, 0.1) is 24.4 Å². The third kappa shape index (κ3) is 4.37. The zero-order valence-corrected chi connectivity index (χ0v) is 16.9. The first-order valence-corrected chi connectivity index (χ1v) is 9.67. The topological polar surface area (TPSA) is 73.9 Å². The molecule has 1 N–H and O–H groups in total. The minimum atomic E-state index is -0.654. The summed E-state index contributed by atoms with van der Waals surface area (Å²) in [5, 5.41) is 3.70. The standard InChI is InChI=1S/C20H18ClNO5S/c1-3-26-15-7-5-4-6-14(15)22-17(23)11-27-20(24)19-18(21)13-9-8-12(25-2)10-16(13)28-19/h4-10H,3,11H2,1-2H3,(H,22,23). The first-order valence-electron chi connectivity index (χ1n) is 8.48. The van der Waals surface area contributed by atoms with Crippen molar-refractivity contribution in [2.24, 2.45) is 0 Å². The van der Waals surface area contributed by atoms with E-state index in [1.54, 1.807) is 49.6 Å². The number of fused-ring (bicyclic) bond motifs is 1. The molecule has 146 valence electrons. The number of hydrogen-bond acceptors (Lipinski definition) is 6. The predicted octanol–water partition coefficient (Wildman–Crippen LogP) is 4.76. The first-order chi connectivity index (χ1) is 13.5. The summed E-state index contributed by atoms with van der Waals surface area (Å²) in [6.07, 6.45) is 0. The molecule has 0 unspecified atom stereocenters. The van der Waals surface area contributed by atoms with Crippen LogP contribution in [0.5, 0.6) is 11.5 Å². The normalized spacial score (nSPS) is 10.5. The number of thiophene rings is 1. The summed E-state index contributed by atoms with van der Waals surface area (Å²) in [5.74, 6) is 0.0849. The van der Waals surface area contributed by atoms with Crippen molar-refractivity contribution < 1.29 is 23.8 Å². The monoisotopic (exact) mass is 419 g/mol. The molecule has 1 aromatic heterocycles. The van der Waals surface area contributed by atoms with E-state index in [9.17, 15) is 9.59 Å². The highest BCUT2D eigenvalue weighted by molar-refractivity contribution is 7.21. The van der Waals surface area contributed by atoms with Crippen LogP contribution in [0.25, 0.3) is 10.1 Å². The Labute approximate surface area is 171 Å². The molecule has 0 aliphatic heterocycles. The minimum Gasteiger partial charge on any atom is -0.497 e. The molecule has 0 saturated carbocycles. The summed E-state index contributed by atoms with van der Waals surface area (Å²) in [4.78, 5) is 24.8. The zero-order chi connectivity index (χ0) is 20.1. The average Bonchev–Trinajstić information content (AvgIpc) is 3.04. The summed E-state index contributed by atoms with van der Waals surface area (Å²) in [5.41, 5.74) is 0.511. The van der Waals surface area contributed by atoms with Gasteiger partial charge in [-0.15, -0.1) is 11.3 Å². The largest absolute Gasteiger partial charge is 0.497 e. The number of benzene rings is 2. The SMILES string of the molecule is CCOc1ccccc1NC(=O)COC(=O)c1sc2cc(OC)ccc2c1Cl. The van der Waals surface area contributed by atoms with Crippen LogP contribution in [0.4, 0.5) is 5.69 Å². The molecule has 0 bridgehead atoms. The Hall–Kier alpha value is -2.77. The molecule has 2 aromatic carbocycles. The van der Waals surface area contributed by atoms with Crippen molar-refractivity contribution in [1.29, 1.82) is 0 Å². The Kier molecular flexibility index (Phi) is 6.38. The van der Waals surface area contributed by atoms with E-state index in [0.717, 1.165) is 10.1 Å². The van der Waals surface area contributed by atoms with Crippen molar-refractivity contribution in [1.82, 2.24) is 0 Å². The van der Waals surface area contributed by atoms with Gasteiger partial charge in [-0.05, 0) is 37.3 Å². The van der Waals surface area contributed by atoms with E-state index in [-0.39, 0.29) is 4.88 Å². The molecule has 1 heterocycles. The second-order valence-electron chi connectivity index (χ2n) is 5.66. The Morgan fingerprint density at radius 1 is 1.18 bits per heavy atom. The molecule has 0 saturated heterocycles. The van der Waals surface area contributed by atoms with Crippen LogP contribution in [0, 0.1) is 0 Å². The lowest BCUT2D eigenvalue weighted by Crippen LogP contribution is -2.21. The highest BCUT2D eigenvalue weighted by Crippen LogP contribution is 2.37. The van der Waals surface area contributed by atoms with E-state index in [1.165, 1.54) is 11.3 Å². The van der Waals surface area contributed by atoms with Gasteiger partial charge in [-0.3, -0.25) is 4.79 Å². The van der Waals surface area contributed by atoms with Crippen molar-refractivity contribution in [3.05, 3.63) is 52.4 Å². The van der Waals surface area contributed by atoms with Crippen LogP contribution in [0.3, 0.4) is 0 Å². The lowest BCUT2D eigenvalue weighted by Gasteiger charge is -2.11. The number of carbonyl (C=O) groups excluding carboxylic acids is 2. The van der Waals surface area contributed by atoms with E-state index in [2.05, 4.69) is 5.32 Å². The number of carbonyl (C=O) groups is 2. The van der Waals surface area contributed by atoms with Gasteiger partial charge in [-0.25, -0.2) is 4.79 Å². The molecule has 0 aliphatic rings. The van der Waals surface area contributed by atoms with Gasteiger partial charge < -0.3 is 19.5 Å². The van der Waals surface area contributed by atoms with Gasteiger partial charge in [-0.2, -0.15) is 0 Å². The molecule has 0 radical (unpaired) electrons. The number of para-hydroxylation sites is 2. The van der Waals surface area contributed by atoms with Gasteiger partial charge in [-0.1, -0.05) is 23.7 Å². The Morgan fingerprint density at radius 3 is 2.71 bits per heavy atom. The summed E-state index contributed by atoms with van der Waals surface area (Å²) in [6.45, 7) is 1.88. The Bertz CT molecular complexity index is 1020. The fourth-order valence-corrected chi connectivity index (χ4v) is 3.97. The van der Waals surface area contributed by atoms with Gasteiger partial charge in [0, 0.05) is 10.1 Å². The quantitative estimate of drug-likeness (QED) is 0.559. The lowest BCUT2D eigenvalue weighted by atomic mass is 10.2. The highest BCUT2D eigenvalue weighted by Gasteiger charge is 2.20. The Morgan fingerprint density at radius 2 is 1.96 bits per heavy atom. The molecule has 3 rings (SSSR count). The predicted molar refractivity (Wildman–Crippen MR) is 110 cm³/mol. The molecule has 8 heteroatoms. The van der Waals surface area contributed by atoms with Crippen molar-refractivity contribution in [3.8, 4) is 11.5 Å². The van der Waals surface area contributed by atoms with Crippen molar-refractivity contribution in [2.75, 3.05) is 25.6 Å². The summed E-state index contributed by atoms with van der Waals surface area (Å²) >= 11 is 7.49. The van der Waals surface area contributed by atoms with E-state index in [4.69, 9.17) is 25.8 Å². The number of hydrogen-bond donors (Lipinski definition) is 1. The third-order valence-electron chi connectivity index (χ3n) is 3.82. The number of ether oxygens (including phenoxy) is 3. The summed E-state index contributed by atoms with van der Waals surface area (Å²) < 4.78 is 16.6. The molecule has 28 heavy (non-hydrogen) atoms. The summed E-state index contributed by atoms with van der Waals surface area (Å²) in [7, 11) is 1.56. The first kappa shape index (κ1) is 20.0. The molecule has 0 aliphatic carbocycles. The smallest absolute Gasteiger partial charge is 0.350 e. The van der Waals surface area contributed by atoms with E-state index in [1.807, 2.05) is 6.92 Å². The fraction of sp³-hybridized carbons (Fsp3) is 0.200. The van der Waals surface area contributed by atoms with Crippen LogP contribution in [0.15, 0.2) is 42.5 Å². The van der Waals surface area contributed by atoms with Gasteiger partial charge >= 0.3 is 5.97 Å². The van der Waals surface area contributed by atoms with Crippen LogP contribution >= 0.6 is 22.9 Å². The van der Waals surface area contributed by atoms with Crippen LogP contribution in [0.2, 0.25) is 5.02 Å². The number of amides is 1. The maximum absolute atomic E-state index is 12.4. The molecule has 3 aromatic rings. The second kappa shape index (κ2) is 8.95. The fourth-order valence-electron chi connectivity index (χ4n) is 2.54. The second-order valence-corrected chi connectivity index (χ2v) is 7.09. The van der Waals surface area contributed by atoms with Crippen LogP contribution in [-0.2, 0) is 9.53 Å². The van der Waals surface area contributed by atoms with Crippen molar-refractivity contribution in [3.63, 3.8) is 0 Å².